The van der Waals surface area contributed by atoms with Crippen LogP contribution in [0.25, 0.3) is 11.3 Å². The highest BCUT2D eigenvalue weighted by Crippen LogP contribution is 2.25. The largest absolute Gasteiger partial charge is 0.339 e. The van der Waals surface area contributed by atoms with Crippen LogP contribution in [0.4, 0.5) is 0 Å². The van der Waals surface area contributed by atoms with Crippen molar-refractivity contribution >= 4 is 17.7 Å². The van der Waals surface area contributed by atoms with Crippen LogP contribution in [0, 0.1) is 0 Å². The Hall–Kier alpha value is -1.81. The van der Waals surface area contributed by atoms with Crippen molar-refractivity contribution in [2.24, 2.45) is 0 Å². The molecule has 23 heavy (non-hydrogen) atoms. The van der Waals surface area contributed by atoms with Gasteiger partial charge in [0.1, 0.15) is 0 Å². The van der Waals surface area contributed by atoms with Gasteiger partial charge in [0.25, 0.3) is 5.91 Å². The third kappa shape index (κ3) is 3.94. The molecule has 120 valence electrons. The molecule has 0 bridgehead atoms. The van der Waals surface area contributed by atoms with Crippen LogP contribution in [-0.4, -0.2) is 34.6 Å². The Balaban J connectivity index is 1.84. The van der Waals surface area contributed by atoms with E-state index in [0.29, 0.717) is 0 Å². The molecule has 0 radical (unpaired) electrons. The number of likely N-dealkylation sites (tertiary alicyclic amines) is 1. The van der Waals surface area contributed by atoms with Crippen molar-refractivity contribution in [2.45, 2.75) is 31.1 Å². The lowest BCUT2D eigenvalue weighted by Crippen LogP contribution is -2.35. The Morgan fingerprint density at radius 2 is 2.00 bits per heavy atom. The average molecular weight is 326 g/mol. The third-order valence-electron chi connectivity index (χ3n) is 4.09. The Morgan fingerprint density at radius 1 is 1.17 bits per heavy atom. The van der Waals surface area contributed by atoms with E-state index in [1.165, 1.54) is 11.3 Å². The number of amides is 1. The van der Waals surface area contributed by atoms with Gasteiger partial charge in [-0.2, -0.15) is 0 Å². The molecule has 1 aliphatic rings. The van der Waals surface area contributed by atoms with Crippen LogP contribution >= 0.6 is 11.8 Å². The Morgan fingerprint density at radius 3 is 2.78 bits per heavy atom. The highest BCUT2D eigenvalue weighted by atomic mass is 32.2. The number of nitrogens with zero attached hydrogens (tertiary/aromatic N) is 2. The van der Waals surface area contributed by atoms with Crippen LogP contribution in [-0.2, 0) is 0 Å². The van der Waals surface area contributed by atoms with Gasteiger partial charge in [0.05, 0.1) is 5.69 Å². The summed E-state index contributed by atoms with van der Waals surface area (Å²) in [6, 6.07) is 12.1. The first-order chi connectivity index (χ1) is 11.3. The molecular weight excluding hydrogens is 304 g/mol. The predicted molar refractivity (Wildman–Crippen MR) is 95.8 cm³/mol. The standard InChI is InChI=1S/C19H22N2OS/c1-2-23-17-8-6-7-15(13-17)18-14-16(9-10-20-18)19(22)21-11-4-3-5-12-21/h6-10,13-14H,2-5,11-12H2,1H3. The maximum Gasteiger partial charge on any atom is 0.253 e. The molecule has 1 aromatic heterocycles. The first-order valence-electron chi connectivity index (χ1n) is 8.26. The van der Waals surface area contributed by atoms with Crippen LogP contribution < -0.4 is 0 Å². The lowest BCUT2D eigenvalue weighted by molar-refractivity contribution is 0.0724. The second kappa shape index (κ2) is 7.64. The molecule has 2 aromatic rings. The summed E-state index contributed by atoms with van der Waals surface area (Å²) in [7, 11) is 0. The number of carbonyl (C=O) groups excluding carboxylic acids is 1. The summed E-state index contributed by atoms with van der Waals surface area (Å²) in [5.74, 6) is 1.18. The quantitative estimate of drug-likeness (QED) is 0.776. The molecule has 2 heterocycles. The highest BCUT2D eigenvalue weighted by Gasteiger charge is 2.18. The van der Waals surface area contributed by atoms with Crippen molar-refractivity contribution in [1.29, 1.82) is 0 Å². The van der Waals surface area contributed by atoms with E-state index in [1.54, 1.807) is 6.20 Å². The molecular formula is C19H22N2OS. The zero-order chi connectivity index (χ0) is 16.1. The average Bonchev–Trinajstić information content (AvgIpc) is 2.62. The highest BCUT2D eigenvalue weighted by molar-refractivity contribution is 7.99. The molecule has 0 unspecified atom stereocenters. The van der Waals surface area contributed by atoms with Gasteiger partial charge in [-0.3, -0.25) is 9.78 Å². The predicted octanol–water partition coefficient (Wildman–Crippen LogP) is 4.49. The van der Waals surface area contributed by atoms with Crippen LogP contribution in [0.3, 0.4) is 0 Å². The number of pyridine rings is 1. The number of benzene rings is 1. The maximum absolute atomic E-state index is 12.6. The molecule has 0 N–H and O–H groups in total. The number of hydrogen-bond acceptors (Lipinski definition) is 3. The van der Waals surface area contributed by atoms with Crippen molar-refractivity contribution < 1.29 is 4.79 Å². The van der Waals surface area contributed by atoms with E-state index in [9.17, 15) is 4.79 Å². The topological polar surface area (TPSA) is 33.2 Å². The zero-order valence-electron chi connectivity index (χ0n) is 13.5. The van der Waals surface area contributed by atoms with Crippen molar-refractivity contribution in [2.75, 3.05) is 18.8 Å². The minimum Gasteiger partial charge on any atom is -0.339 e. The SMILES string of the molecule is CCSc1cccc(-c2cc(C(=O)N3CCCCC3)ccn2)c1. The summed E-state index contributed by atoms with van der Waals surface area (Å²) in [6.45, 7) is 3.89. The Kier molecular flexibility index (Phi) is 5.34. The van der Waals surface area contributed by atoms with Gasteiger partial charge >= 0.3 is 0 Å². The van der Waals surface area contributed by atoms with Gasteiger partial charge in [0.15, 0.2) is 0 Å². The van der Waals surface area contributed by atoms with Crippen molar-refractivity contribution in [3.63, 3.8) is 0 Å². The second-order valence-corrected chi connectivity index (χ2v) is 7.08. The maximum atomic E-state index is 12.6. The van der Waals surface area contributed by atoms with Gasteiger partial charge in [-0.05, 0) is 49.3 Å². The van der Waals surface area contributed by atoms with Crippen molar-refractivity contribution in [3.05, 3.63) is 48.2 Å². The number of aromatic nitrogens is 1. The fourth-order valence-electron chi connectivity index (χ4n) is 2.91. The number of rotatable bonds is 4. The van der Waals surface area contributed by atoms with E-state index in [1.807, 2.05) is 34.9 Å². The van der Waals surface area contributed by atoms with E-state index in [0.717, 1.165) is 48.5 Å². The smallest absolute Gasteiger partial charge is 0.253 e. The van der Waals surface area contributed by atoms with E-state index < -0.39 is 0 Å². The molecule has 0 atom stereocenters. The fraction of sp³-hybridized carbons (Fsp3) is 0.368. The lowest BCUT2D eigenvalue weighted by atomic mass is 10.1. The third-order valence-corrected chi connectivity index (χ3v) is 4.97. The molecule has 1 saturated heterocycles. The number of hydrogen-bond donors (Lipinski definition) is 0. The van der Waals surface area contributed by atoms with Gasteiger partial charge in [0.2, 0.25) is 0 Å². The normalized spacial score (nSPS) is 14.7. The molecule has 1 fully saturated rings. The second-order valence-electron chi connectivity index (χ2n) is 5.74. The van der Waals surface area contributed by atoms with E-state index in [4.69, 9.17) is 0 Å². The Bertz CT molecular complexity index is 681. The van der Waals surface area contributed by atoms with Gasteiger partial charge in [0, 0.05) is 35.3 Å². The molecule has 3 rings (SSSR count). The fourth-order valence-corrected chi connectivity index (χ4v) is 3.63. The Labute approximate surface area is 142 Å². The van der Waals surface area contributed by atoms with Gasteiger partial charge in [-0.1, -0.05) is 19.1 Å². The van der Waals surface area contributed by atoms with Crippen molar-refractivity contribution in [1.82, 2.24) is 9.88 Å². The summed E-state index contributed by atoms with van der Waals surface area (Å²) >= 11 is 1.81. The van der Waals surface area contributed by atoms with Crippen LogP contribution in [0.2, 0.25) is 0 Å². The summed E-state index contributed by atoms with van der Waals surface area (Å²) in [5.41, 5.74) is 2.67. The van der Waals surface area contributed by atoms with Crippen LogP contribution in [0.5, 0.6) is 0 Å². The summed E-state index contributed by atoms with van der Waals surface area (Å²) in [6.07, 6.45) is 5.19. The van der Waals surface area contributed by atoms with Gasteiger partial charge in [-0.15, -0.1) is 11.8 Å². The molecule has 0 aliphatic carbocycles. The molecule has 0 saturated carbocycles. The monoisotopic (exact) mass is 326 g/mol. The van der Waals surface area contributed by atoms with E-state index >= 15 is 0 Å². The number of thioether (sulfide) groups is 1. The first-order valence-corrected chi connectivity index (χ1v) is 9.25. The summed E-state index contributed by atoms with van der Waals surface area (Å²) in [4.78, 5) is 20.3. The van der Waals surface area contributed by atoms with Gasteiger partial charge < -0.3 is 4.90 Å². The zero-order valence-corrected chi connectivity index (χ0v) is 14.3. The first kappa shape index (κ1) is 16.1. The van der Waals surface area contributed by atoms with E-state index in [2.05, 4.69) is 30.1 Å². The van der Waals surface area contributed by atoms with Crippen LogP contribution in [0.15, 0.2) is 47.5 Å². The van der Waals surface area contributed by atoms with Gasteiger partial charge in [-0.25, -0.2) is 0 Å². The number of piperidine rings is 1. The van der Waals surface area contributed by atoms with Crippen LogP contribution in [0.1, 0.15) is 36.5 Å². The molecule has 4 heteroatoms. The minimum atomic E-state index is 0.132. The number of carbonyl (C=O) groups is 1. The molecule has 3 nitrogen and oxygen atoms in total. The minimum absolute atomic E-state index is 0.132. The molecule has 1 aliphatic heterocycles. The van der Waals surface area contributed by atoms with Crippen molar-refractivity contribution in [3.8, 4) is 11.3 Å². The molecule has 1 aromatic carbocycles. The van der Waals surface area contributed by atoms with E-state index in [-0.39, 0.29) is 5.91 Å². The molecule has 1 amide bonds. The summed E-state index contributed by atoms with van der Waals surface area (Å²) in [5, 5.41) is 0. The molecule has 0 spiro atoms. The summed E-state index contributed by atoms with van der Waals surface area (Å²) < 4.78 is 0. The lowest BCUT2D eigenvalue weighted by Gasteiger charge is -2.26.